The van der Waals surface area contributed by atoms with E-state index in [1.54, 1.807) is 0 Å². The standard InChI is InChI=1S/C20H26NS2.BrH/c1-21(2)16-6-3-7-17(21)13-15(12-16)14-18(19-8-4-10-22-19)20-9-5-11-23-20;/h4-5,8-11,14-17H,3,6-7,12-13H2,1-2H3;1H/q+1;/p-1. The van der Waals surface area contributed by atoms with E-state index in [-0.39, 0.29) is 17.0 Å². The molecule has 2 atom stereocenters. The van der Waals surface area contributed by atoms with Crippen LogP contribution < -0.4 is 17.0 Å². The molecule has 0 radical (unpaired) electrons. The van der Waals surface area contributed by atoms with Crippen LogP contribution in [0.5, 0.6) is 0 Å². The van der Waals surface area contributed by atoms with Gasteiger partial charge in [-0.3, -0.25) is 0 Å². The summed E-state index contributed by atoms with van der Waals surface area (Å²) in [5, 5.41) is 4.40. The number of hydrogen-bond acceptors (Lipinski definition) is 2. The van der Waals surface area contributed by atoms with E-state index in [0.29, 0.717) is 0 Å². The monoisotopic (exact) mass is 423 g/mol. The molecule has 2 bridgehead atoms. The van der Waals surface area contributed by atoms with Gasteiger partial charge in [-0.15, -0.1) is 22.7 Å². The van der Waals surface area contributed by atoms with Crippen LogP contribution in [-0.2, 0) is 0 Å². The van der Waals surface area contributed by atoms with E-state index in [1.165, 1.54) is 51.9 Å². The van der Waals surface area contributed by atoms with Crippen LogP contribution in [0.3, 0.4) is 0 Å². The molecule has 0 amide bonds. The first-order valence-corrected chi connectivity index (χ1v) is 10.5. The Balaban J connectivity index is 0.00000169. The summed E-state index contributed by atoms with van der Waals surface area (Å²) in [7, 11) is 4.93. The summed E-state index contributed by atoms with van der Waals surface area (Å²) in [5.41, 5.74) is 1.48. The molecule has 24 heavy (non-hydrogen) atoms. The van der Waals surface area contributed by atoms with Crippen LogP contribution in [0.4, 0.5) is 0 Å². The highest BCUT2D eigenvalue weighted by Crippen LogP contribution is 2.42. The Morgan fingerprint density at radius 1 is 1.00 bits per heavy atom. The summed E-state index contributed by atoms with van der Waals surface area (Å²) >= 11 is 3.75. The average Bonchev–Trinajstić information content (AvgIpc) is 3.19. The van der Waals surface area contributed by atoms with E-state index in [1.807, 2.05) is 22.7 Å². The molecule has 4 rings (SSSR count). The molecule has 0 aromatic carbocycles. The lowest BCUT2D eigenvalue weighted by atomic mass is 9.76. The molecule has 2 aliphatic heterocycles. The largest absolute Gasteiger partial charge is 1.00 e. The third-order valence-electron chi connectivity index (χ3n) is 6.08. The molecule has 0 spiro atoms. The molecule has 2 aromatic heterocycles. The second kappa shape index (κ2) is 7.45. The molecule has 0 aliphatic carbocycles. The smallest absolute Gasteiger partial charge is 0.0894 e. The van der Waals surface area contributed by atoms with Crippen molar-refractivity contribution in [3.8, 4) is 0 Å². The molecule has 4 heteroatoms. The Kier molecular flexibility index (Phi) is 5.70. The fourth-order valence-corrected chi connectivity index (χ4v) is 6.24. The molecule has 4 heterocycles. The topological polar surface area (TPSA) is 0 Å². The second-order valence-electron chi connectivity index (χ2n) is 7.63. The average molecular weight is 424 g/mol. The van der Waals surface area contributed by atoms with Gasteiger partial charge in [0.15, 0.2) is 0 Å². The first-order valence-electron chi connectivity index (χ1n) is 8.77. The quantitative estimate of drug-likeness (QED) is 0.665. The van der Waals surface area contributed by atoms with Gasteiger partial charge in [0, 0.05) is 28.2 Å². The van der Waals surface area contributed by atoms with Crippen molar-refractivity contribution in [2.45, 2.75) is 44.2 Å². The number of fused-ring (bicyclic) bond motifs is 2. The number of thiophene rings is 2. The van der Waals surface area contributed by atoms with Crippen LogP contribution >= 0.6 is 22.7 Å². The lowest BCUT2D eigenvalue weighted by molar-refractivity contribution is -0.950. The summed E-state index contributed by atoms with van der Waals surface area (Å²) < 4.78 is 1.26. The number of halogens is 1. The summed E-state index contributed by atoms with van der Waals surface area (Å²) in [6.45, 7) is 0. The van der Waals surface area contributed by atoms with E-state index < -0.39 is 0 Å². The van der Waals surface area contributed by atoms with E-state index in [0.717, 1.165) is 18.0 Å². The van der Waals surface area contributed by atoms with Gasteiger partial charge in [-0.05, 0) is 48.1 Å². The third-order valence-corrected chi connectivity index (χ3v) is 7.89. The number of piperidine rings is 2. The van der Waals surface area contributed by atoms with Gasteiger partial charge in [0.2, 0.25) is 0 Å². The van der Waals surface area contributed by atoms with Gasteiger partial charge in [0.25, 0.3) is 0 Å². The van der Waals surface area contributed by atoms with Crippen LogP contribution in [0.25, 0.3) is 5.57 Å². The fraction of sp³-hybridized carbons (Fsp3) is 0.500. The van der Waals surface area contributed by atoms with Crippen LogP contribution in [0.1, 0.15) is 41.9 Å². The number of hydrogen-bond donors (Lipinski definition) is 0. The van der Waals surface area contributed by atoms with Crippen LogP contribution in [0.15, 0.2) is 41.1 Å². The van der Waals surface area contributed by atoms with Gasteiger partial charge in [-0.2, -0.15) is 0 Å². The van der Waals surface area contributed by atoms with Gasteiger partial charge in [-0.25, -0.2) is 0 Å². The molecule has 0 saturated carbocycles. The Bertz CT molecular complexity index is 620. The predicted octanol–water partition coefficient (Wildman–Crippen LogP) is 2.65. The van der Waals surface area contributed by atoms with Crippen LogP contribution in [0.2, 0.25) is 0 Å². The Morgan fingerprint density at radius 2 is 1.54 bits per heavy atom. The van der Waals surface area contributed by atoms with Crippen molar-refractivity contribution in [2.24, 2.45) is 5.92 Å². The maximum Gasteiger partial charge on any atom is 0.0894 e. The first kappa shape index (κ1) is 18.4. The highest BCUT2D eigenvalue weighted by atomic mass is 79.9. The highest BCUT2D eigenvalue weighted by molar-refractivity contribution is 7.13. The SMILES string of the molecule is C[N+]1(C)C2CCCC1CC(C=C(c1cccs1)c1cccs1)C2.[Br-]. The molecular weight excluding hydrogens is 398 g/mol. The zero-order chi connectivity index (χ0) is 15.9. The number of nitrogens with zero attached hydrogens (tertiary/aromatic N) is 1. The van der Waals surface area contributed by atoms with Crippen molar-refractivity contribution in [3.63, 3.8) is 0 Å². The highest BCUT2D eigenvalue weighted by Gasteiger charge is 2.45. The van der Waals surface area contributed by atoms with Crippen molar-refractivity contribution in [2.75, 3.05) is 14.1 Å². The van der Waals surface area contributed by atoms with Crippen molar-refractivity contribution in [3.05, 3.63) is 50.9 Å². The molecule has 1 nitrogen and oxygen atoms in total. The van der Waals surface area contributed by atoms with E-state index in [9.17, 15) is 0 Å². The molecule has 2 aliphatic rings. The maximum absolute atomic E-state index is 2.61. The third kappa shape index (κ3) is 3.44. The second-order valence-corrected chi connectivity index (χ2v) is 9.53. The summed E-state index contributed by atoms with van der Waals surface area (Å²) in [4.78, 5) is 2.86. The van der Waals surface area contributed by atoms with Gasteiger partial charge < -0.3 is 21.5 Å². The van der Waals surface area contributed by atoms with Gasteiger partial charge >= 0.3 is 0 Å². The predicted molar refractivity (Wildman–Crippen MR) is 102 cm³/mol. The molecule has 2 fully saturated rings. The van der Waals surface area contributed by atoms with E-state index in [2.05, 4.69) is 55.2 Å². The maximum atomic E-state index is 2.61. The molecule has 2 saturated heterocycles. The zero-order valence-corrected chi connectivity index (χ0v) is 17.7. The molecule has 0 N–H and O–H groups in total. The lowest BCUT2D eigenvalue weighted by Gasteiger charge is -2.53. The van der Waals surface area contributed by atoms with Gasteiger partial charge in [-0.1, -0.05) is 18.2 Å². The van der Waals surface area contributed by atoms with E-state index in [4.69, 9.17) is 0 Å². The molecule has 2 aromatic rings. The van der Waals surface area contributed by atoms with Gasteiger partial charge in [0.1, 0.15) is 0 Å². The van der Waals surface area contributed by atoms with E-state index >= 15 is 0 Å². The van der Waals surface area contributed by atoms with Gasteiger partial charge in [0.05, 0.1) is 26.2 Å². The van der Waals surface area contributed by atoms with Crippen LogP contribution in [0, 0.1) is 5.92 Å². The Morgan fingerprint density at radius 3 is 2.00 bits per heavy atom. The Hall–Kier alpha value is -0.420. The minimum atomic E-state index is 0. The molecule has 130 valence electrons. The lowest BCUT2D eigenvalue weighted by Crippen LogP contribution is -3.00. The molecular formula is C20H26BrNS2. The normalized spacial score (nSPS) is 28.0. The van der Waals surface area contributed by atoms with Crippen molar-refractivity contribution < 1.29 is 21.5 Å². The summed E-state index contributed by atoms with van der Waals surface area (Å²) in [6, 6.07) is 10.6. The minimum absolute atomic E-state index is 0. The fourth-order valence-electron chi connectivity index (χ4n) is 4.65. The van der Waals surface area contributed by atoms with Crippen molar-refractivity contribution in [1.29, 1.82) is 0 Å². The number of rotatable bonds is 3. The summed E-state index contributed by atoms with van der Waals surface area (Å²) in [5.74, 6) is 0.746. The minimum Gasteiger partial charge on any atom is -1.00 e. The Labute approximate surface area is 164 Å². The van der Waals surface area contributed by atoms with Crippen molar-refractivity contribution >= 4 is 28.2 Å². The first-order chi connectivity index (χ1) is 11.1. The molecule has 2 unspecified atom stereocenters. The van der Waals surface area contributed by atoms with Crippen LogP contribution in [-0.4, -0.2) is 30.7 Å². The number of allylic oxidation sites excluding steroid dienone is 1. The number of quaternary nitrogens is 1. The zero-order valence-electron chi connectivity index (χ0n) is 14.5. The van der Waals surface area contributed by atoms with Crippen molar-refractivity contribution in [1.82, 2.24) is 0 Å². The summed E-state index contributed by atoms with van der Waals surface area (Å²) in [6.07, 6.45) is 9.62.